The molecule has 0 radical (unpaired) electrons. The van der Waals surface area contributed by atoms with E-state index >= 15 is 0 Å². The third kappa shape index (κ3) is 7.21. The number of carbonyl (C=O) groups excluding carboxylic acids is 2. The topological polar surface area (TPSA) is 79.8 Å². The summed E-state index contributed by atoms with van der Waals surface area (Å²) in [5.74, 6) is -0.348. The maximum atomic E-state index is 11.9. The highest BCUT2D eigenvalue weighted by Gasteiger charge is 2.10. The first-order valence-electron chi connectivity index (χ1n) is 8.78. The Balaban J connectivity index is 1.84. The molecule has 2 aromatic carbocycles. The lowest BCUT2D eigenvalue weighted by Crippen LogP contribution is -2.24. The molecule has 0 aromatic heterocycles. The number of anilines is 1. The van der Waals surface area contributed by atoms with Crippen molar-refractivity contribution in [1.82, 2.24) is 5.43 Å². The van der Waals surface area contributed by atoms with Crippen LogP contribution in [0.2, 0.25) is 10.0 Å². The highest BCUT2D eigenvalue weighted by Crippen LogP contribution is 2.25. The molecular formula is C20H21Cl2N3O3. The SMILES string of the molecule is CCCCOc1ccccc1C=NNC(=O)CC(=O)Nc1ccc(Cl)c(Cl)c1. The Bertz CT molecular complexity index is 856. The highest BCUT2D eigenvalue weighted by atomic mass is 35.5. The van der Waals surface area contributed by atoms with Gasteiger partial charge < -0.3 is 10.1 Å². The quantitative estimate of drug-likeness (QED) is 0.267. The number of carbonyl (C=O) groups is 2. The van der Waals surface area contributed by atoms with Crippen LogP contribution in [-0.4, -0.2) is 24.6 Å². The number of amides is 2. The predicted octanol–water partition coefficient (Wildman–Crippen LogP) is 4.65. The van der Waals surface area contributed by atoms with Crippen molar-refractivity contribution in [2.75, 3.05) is 11.9 Å². The van der Waals surface area contributed by atoms with Crippen LogP contribution in [0.3, 0.4) is 0 Å². The molecule has 2 N–H and O–H groups in total. The zero-order valence-electron chi connectivity index (χ0n) is 15.4. The zero-order valence-corrected chi connectivity index (χ0v) is 16.9. The van der Waals surface area contributed by atoms with Crippen LogP contribution < -0.4 is 15.5 Å². The van der Waals surface area contributed by atoms with Crippen LogP contribution in [0.25, 0.3) is 0 Å². The molecule has 0 bridgehead atoms. The minimum Gasteiger partial charge on any atom is -0.493 e. The number of benzene rings is 2. The molecule has 0 atom stereocenters. The number of hydrazone groups is 1. The number of halogens is 2. The number of rotatable bonds is 9. The fourth-order valence-electron chi connectivity index (χ4n) is 2.18. The summed E-state index contributed by atoms with van der Waals surface area (Å²) >= 11 is 11.7. The molecule has 148 valence electrons. The lowest BCUT2D eigenvalue weighted by atomic mass is 10.2. The van der Waals surface area contributed by atoms with Gasteiger partial charge in [0.15, 0.2) is 0 Å². The second kappa shape index (κ2) is 11.3. The number of unbranched alkanes of at least 4 members (excludes halogenated alkanes) is 1. The van der Waals surface area contributed by atoms with Gasteiger partial charge in [0.1, 0.15) is 12.2 Å². The molecule has 0 spiro atoms. The Morgan fingerprint density at radius 1 is 1.11 bits per heavy atom. The van der Waals surface area contributed by atoms with Gasteiger partial charge in [0, 0.05) is 11.3 Å². The largest absolute Gasteiger partial charge is 0.493 e. The molecule has 0 aliphatic heterocycles. The second-order valence-corrected chi connectivity index (χ2v) is 6.70. The highest BCUT2D eigenvalue weighted by molar-refractivity contribution is 6.42. The summed E-state index contributed by atoms with van der Waals surface area (Å²) in [6.07, 6.45) is 3.09. The molecule has 6 nitrogen and oxygen atoms in total. The van der Waals surface area contributed by atoms with E-state index in [1.54, 1.807) is 12.1 Å². The maximum Gasteiger partial charge on any atom is 0.249 e. The van der Waals surface area contributed by atoms with Crippen molar-refractivity contribution >= 4 is 46.9 Å². The third-order valence-electron chi connectivity index (χ3n) is 3.59. The Morgan fingerprint density at radius 3 is 2.64 bits per heavy atom. The molecule has 0 fully saturated rings. The minimum atomic E-state index is -0.543. The molecule has 0 unspecified atom stereocenters. The van der Waals surface area contributed by atoms with Crippen LogP contribution in [-0.2, 0) is 9.59 Å². The number of ether oxygens (including phenoxy) is 1. The normalized spacial score (nSPS) is 10.7. The first-order valence-corrected chi connectivity index (χ1v) is 9.54. The van der Waals surface area contributed by atoms with Crippen molar-refractivity contribution in [3.63, 3.8) is 0 Å². The van der Waals surface area contributed by atoms with E-state index in [2.05, 4.69) is 22.8 Å². The van der Waals surface area contributed by atoms with Gasteiger partial charge in [-0.15, -0.1) is 0 Å². The Labute approximate surface area is 173 Å². The van der Waals surface area contributed by atoms with Gasteiger partial charge in [-0.3, -0.25) is 9.59 Å². The van der Waals surface area contributed by atoms with Crippen molar-refractivity contribution in [3.8, 4) is 5.75 Å². The molecule has 0 saturated carbocycles. The molecule has 0 aliphatic carbocycles. The van der Waals surface area contributed by atoms with Gasteiger partial charge >= 0.3 is 0 Å². The van der Waals surface area contributed by atoms with Gasteiger partial charge in [-0.1, -0.05) is 48.7 Å². The van der Waals surface area contributed by atoms with Crippen LogP contribution >= 0.6 is 23.2 Å². The van der Waals surface area contributed by atoms with Gasteiger partial charge in [-0.25, -0.2) is 5.43 Å². The van der Waals surface area contributed by atoms with E-state index in [1.165, 1.54) is 12.3 Å². The summed E-state index contributed by atoms with van der Waals surface area (Å²) in [6.45, 7) is 2.70. The number of nitrogens with one attached hydrogen (secondary N) is 2. The van der Waals surface area contributed by atoms with Crippen molar-refractivity contribution in [2.45, 2.75) is 26.2 Å². The summed E-state index contributed by atoms with van der Waals surface area (Å²) in [4.78, 5) is 23.8. The van der Waals surface area contributed by atoms with E-state index in [0.717, 1.165) is 18.4 Å². The smallest absolute Gasteiger partial charge is 0.249 e. The van der Waals surface area contributed by atoms with E-state index in [1.807, 2.05) is 24.3 Å². The van der Waals surface area contributed by atoms with Crippen LogP contribution in [0.1, 0.15) is 31.7 Å². The predicted molar refractivity (Wildman–Crippen MR) is 112 cm³/mol. The number of nitrogens with zero attached hydrogens (tertiary/aromatic N) is 1. The summed E-state index contributed by atoms with van der Waals surface area (Å²) < 4.78 is 5.70. The van der Waals surface area contributed by atoms with Crippen molar-refractivity contribution < 1.29 is 14.3 Å². The lowest BCUT2D eigenvalue weighted by molar-refractivity contribution is -0.126. The molecule has 0 aliphatic rings. The first kappa shape index (κ1) is 21.7. The average molecular weight is 422 g/mol. The van der Waals surface area contributed by atoms with Crippen LogP contribution in [0.4, 0.5) is 5.69 Å². The zero-order chi connectivity index (χ0) is 20.4. The third-order valence-corrected chi connectivity index (χ3v) is 4.33. The number of hydrogen-bond acceptors (Lipinski definition) is 4. The average Bonchev–Trinajstić information content (AvgIpc) is 2.66. The molecule has 0 heterocycles. The number of para-hydroxylation sites is 1. The minimum absolute atomic E-state index is 0.313. The molecule has 28 heavy (non-hydrogen) atoms. The first-order chi connectivity index (χ1) is 13.5. The second-order valence-electron chi connectivity index (χ2n) is 5.89. The van der Waals surface area contributed by atoms with Gasteiger partial charge in [-0.2, -0.15) is 5.10 Å². The Morgan fingerprint density at radius 2 is 1.89 bits per heavy atom. The van der Waals surface area contributed by atoms with E-state index in [4.69, 9.17) is 27.9 Å². The Kier molecular flexibility index (Phi) is 8.78. The van der Waals surface area contributed by atoms with Gasteiger partial charge in [0.25, 0.3) is 0 Å². The Hall–Kier alpha value is -2.57. The van der Waals surface area contributed by atoms with Gasteiger partial charge in [0.2, 0.25) is 11.8 Å². The standard InChI is InChI=1S/C20H21Cl2N3O3/c1-2-3-10-28-18-7-5-4-6-14(18)13-23-25-20(27)12-19(26)24-15-8-9-16(21)17(22)11-15/h4-9,11,13H,2-3,10,12H2,1H3,(H,24,26)(H,25,27). The monoisotopic (exact) mass is 421 g/mol. The van der Waals surface area contributed by atoms with Crippen LogP contribution in [0.15, 0.2) is 47.6 Å². The molecule has 8 heteroatoms. The maximum absolute atomic E-state index is 11.9. The van der Waals surface area contributed by atoms with Gasteiger partial charge in [-0.05, 0) is 36.8 Å². The molecule has 2 rings (SSSR count). The van der Waals surface area contributed by atoms with Crippen LogP contribution in [0.5, 0.6) is 5.75 Å². The van der Waals surface area contributed by atoms with E-state index in [0.29, 0.717) is 28.1 Å². The summed E-state index contributed by atoms with van der Waals surface area (Å²) in [7, 11) is 0. The van der Waals surface area contributed by atoms with Gasteiger partial charge in [0.05, 0.1) is 22.9 Å². The van der Waals surface area contributed by atoms with E-state index in [9.17, 15) is 9.59 Å². The fourth-order valence-corrected chi connectivity index (χ4v) is 2.48. The summed E-state index contributed by atoms with van der Waals surface area (Å²) in [6, 6.07) is 12.0. The molecular weight excluding hydrogens is 401 g/mol. The number of hydrogen-bond donors (Lipinski definition) is 2. The van der Waals surface area contributed by atoms with E-state index < -0.39 is 11.8 Å². The van der Waals surface area contributed by atoms with E-state index in [-0.39, 0.29) is 6.42 Å². The summed E-state index contributed by atoms with van der Waals surface area (Å²) in [5.41, 5.74) is 3.52. The lowest BCUT2D eigenvalue weighted by Gasteiger charge is -2.08. The van der Waals surface area contributed by atoms with Crippen LogP contribution in [0, 0.1) is 0 Å². The summed E-state index contributed by atoms with van der Waals surface area (Å²) in [5, 5.41) is 7.16. The fraction of sp³-hybridized carbons (Fsp3) is 0.250. The van der Waals surface area contributed by atoms with Crippen molar-refractivity contribution in [1.29, 1.82) is 0 Å². The van der Waals surface area contributed by atoms with Crippen molar-refractivity contribution in [2.24, 2.45) is 5.10 Å². The molecule has 2 amide bonds. The molecule has 0 saturated heterocycles. The molecule has 2 aromatic rings. The van der Waals surface area contributed by atoms with Crippen molar-refractivity contribution in [3.05, 3.63) is 58.1 Å².